The number of carbonyl (C=O) groups is 1. The quantitative estimate of drug-likeness (QED) is 0.543. The SMILES string of the molecule is CN(Cc1ccc(N(C)C)cc1)C(=O)Cc1csc(-c2ccc(C(F)(F)F)cc2)n1. The van der Waals surface area contributed by atoms with E-state index in [4.69, 9.17) is 0 Å². The zero-order valence-electron chi connectivity index (χ0n) is 16.9. The Morgan fingerprint density at radius 3 is 2.20 bits per heavy atom. The molecule has 0 bridgehead atoms. The van der Waals surface area contributed by atoms with Gasteiger partial charge in [0.2, 0.25) is 5.91 Å². The highest BCUT2D eigenvalue weighted by Crippen LogP contribution is 2.31. The summed E-state index contributed by atoms with van der Waals surface area (Å²) in [5, 5.41) is 2.36. The second-order valence-electron chi connectivity index (χ2n) is 7.21. The zero-order chi connectivity index (χ0) is 21.9. The minimum absolute atomic E-state index is 0.0732. The van der Waals surface area contributed by atoms with Gasteiger partial charge in [0.25, 0.3) is 0 Å². The van der Waals surface area contributed by atoms with Gasteiger partial charge in [-0.2, -0.15) is 13.2 Å². The van der Waals surface area contributed by atoms with Crippen molar-refractivity contribution in [3.05, 3.63) is 70.7 Å². The van der Waals surface area contributed by atoms with Crippen molar-refractivity contribution < 1.29 is 18.0 Å². The predicted molar refractivity (Wildman–Crippen MR) is 113 cm³/mol. The molecular formula is C22H22F3N3OS. The van der Waals surface area contributed by atoms with Gasteiger partial charge in [-0.15, -0.1) is 11.3 Å². The van der Waals surface area contributed by atoms with E-state index in [2.05, 4.69) is 4.98 Å². The Morgan fingerprint density at radius 1 is 1.00 bits per heavy atom. The number of thiazole rings is 1. The van der Waals surface area contributed by atoms with Crippen molar-refractivity contribution in [3.8, 4) is 10.6 Å². The molecule has 0 saturated heterocycles. The fraction of sp³-hybridized carbons (Fsp3) is 0.273. The van der Waals surface area contributed by atoms with Crippen molar-refractivity contribution >= 4 is 22.9 Å². The van der Waals surface area contributed by atoms with Crippen molar-refractivity contribution in [2.45, 2.75) is 19.1 Å². The lowest BCUT2D eigenvalue weighted by molar-refractivity contribution is -0.137. The summed E-state index contributed by atoms with van der Waals surface area (Å²) in [4.78, 5) is 20.6. The molecule has 0 saturated carbocycles. The standard InChI is InChI=1S/C22H22F3N3OS/c1-27(2)19-10-4-15(5-11-19)13-28(3)20(29)12-18-14-30-21(26-18)16-6-8-17(9-7-16)22(23,24)25/h4-11,14H,12-13H2,1-3H3. The van der Waals surface area contributed by atoms with Gasteiger partial charge in [0.15, 0.2) is 0 Å². The molecule has 0 aliphatic heterocycles. The summed E-state index contributed by atoms with van der Waals surface area (Å²) in [5.41, 5.74) is 2.63. The highest BCUT2D eigenvalue weighted by Gasteiger charge is 2.30. The topological polar surface area (TPSA) is 36.4 Å². The van der Waals surface area contributed by atoms with Crippen LogP contribution in [0.25, 0.3) is 10.6 Å². The van der Waals surface area contributed by atoms with Crippen molar-refractivity contribution in [2.75, 3.05) is 26.0 Å². The van der Waals surface area contributed by atoms with Crippen molar-refractivity contribution in [3.63, 3.8) is 0 Å². The smallest absolute Gasteiger partial charge is 0.378 e. The first kappa shape index (κ1) is 21.8. The number of likely N-dealkylation sites (N-methyl/N-ethyl adjacent to an activating group) is 1. The number of hydrogen-bond acceptors (Lipinski definition) is 4. The van der Waals surface area contributed by atoms with E-state index in [-0.39, 0.29) is 12.3 Å². The molecule has 4 nitrogen and oxygen atoms in total. The van der Waals surface area contributed by atoms with Crippen LogP contribution in [0.2, 0.25) is 0 Å². The molecule has 0 fully saturated rings. The largest absolute Gasteiger partial charge is 0.416 e. The molecule has 0 aliphatic carbocycles. The van der Waals surface area contributed by atoms with Crippen LogP contribution >= 0.6 is 11.3 Å². The maximum atomic E-state index is 12.7. The summed E-state index contributed by atoms with van der Waals surface area (Å²) in [6, 6.07) is 12.9. The summed E-state index contributed by atoms with van der Waals surface area (Å²) in [6.45, 7) is 0.489. The van der Waals surface area contributed by atoms with Gasteiger partial charge in [0.1, 0.15) is 5.01 Å². The van der Waals surface area contributed by atoms with Crippen LogP contribution in [0.1, 0.15) is 16.8 Å². The van der Waals surface area contributed by atoms with Gasteiger partial charge in [-0.1, -0.05) is 24.3 Å². The number of nitrogens with zero attached hydrogens (tertiary/aromatic N) is 3. The van der Waals surface area contributed by atoms with Crippen molar-refractivity contribution in [1.29, 1.82) is 0 Å². The first-order valence-corrected chi connectivity index (χ1v) is 10.1. The highest BCUT2D eigenvalue weighted by molar-refractivity contribution is 7.13. The molecule has 3 rings (SSSR count). The molecule has 3 aromatic rings. The minimum Gasteiger partial charge on any atom is -0.378 e. The Morgan fingerprint density at radius 2 is 1.63 bits per heavy atom. The van der Waals surface area contributed by atoms with Crippen LogP contribution in [0.5, 0.6) is 0 Å². The van der Waals surface area contributed by atoms with E-state index >= 15 is 0 Å². The number of hydrogen-bond donors (Lipinski definition) is 0. The molecular weight excluding hydrogens is 411 g/mol. The molecule has 1 amide bonds. The van der Waals surface area contributed by atoms with Crippen LogP contribution in [0.4, 0.5) is 18.9 Å². The molecule has 0 radical (unpaired) electrons. The molecule has 0 unspecified atom stereocenters. The first-order valence-electron chi connectivity index (χ1n) is 9.26. The summed E-state index contributed by atoms with van der Waals surface area (Å²) in [7, 11) is 5.68. The highest BCUT2D eigenvalue weighted by atomic mass is 32.1. The number of amides is 1. The maximum absolute atomic E-state index is 12.7. The average Bonchev–Trinajstić information content (AvgIpc) is 3.16. The molecule has 1 aromatic heterocycles. The summed E-state index contributed by atoms with van der Waals surface area (Å²) in [6.07, 6.45) is -4.22. The molecule has 30 heavy (non-hydrogen) atoms. The maximum Gasteiger partial charge on any atom is 0.416 e. The predicted octanol–water partition coefficient (Wildman–Crippen LogP) is 5.10. The third kappa shape index (κ3) is 5.38. The molecule has 0 N–H and O–H groups in total. The lowest BCUT2D eigenvalue weighted by Gasteiger charge is -2.18. The van der Waals surface area contributed by atoms with E-state index < -0.39 is 11.7 Å². The Labute approximate surface area is 177 Å². The Balaban J connectivity index is 1.61. The number of anilines is 1. The second-order valence-corrected chi connectivity index (χ2v) is 8.06. The number of aromatic nitrogens is 1. The van der Waals surface area contributed by atoms with Crippen LogP contribution in [-0.4, -0.2) is 36.9 Å². The lowest BCUT2D eigenvalue weighted by atomic mass is 10.1. The van der Waals surface area contributed by atoms with Gasteiger partial charge in [-0.25, -0.2) is 4.98 Å². The molecule has 1 heterocycles. The number of benzene rings is 2. The fourth-order valence-electron chi connectivity index (χ4n) is 2.87. The number of alkyl halides is 3. The summed E-state index contributed by atoms with van der Waals surface area (Å²) < 4.78 is 38.1. The monoisotopic (exact) mass is 433 g/mol. The number of halogens is 3. The molecule has 8 heteroatoms. The average molecular weight is 433 g/mol. The van der Waals surface area contributed by atoms with E-state index in [1.807, 2.05) is 43.3 Å². The van der Waals surface area contributed by atoms with Gasteiger partial charge in [-0.05, 0) is 29.8 Å². The molecule has 0 spiro atoms. The third-order valence-corrected chi connectivity index (χ3v) is 5.58. The zero-order valence-corrected chi connectivity index (χ0v) is 17.7. The molecule has 0 aliphatic rings. The van der Waals surface area contributed by atoms with Crippen LogP contribution in [0.3, 0.4) is 0 Å². The molecule has 0 atom stereocenters. The second kappa shape index (κ2) is 8.87. The van der Waals surface area contributed by atoms with Crippen LogP contribution in [0.15, 0.2) is 53.9 Å². The number of rotatable bonds is 6. The Hall–Kier alpha value is -2.87. The van der Waals surface area contributed by atoms with Crippen LogP contribution in [0, 0.1) is 0 Å². The van der Waals surface area contributed by atoms with E-state index in [1.54, 1.807) is 17.3 Å². The van der Waals surface area contributed by atoms with Gasteiger partial charge in [-0.3, -0.25) is 4.79 Å². The first-order chi connectivity index (χ1) is 14.1. The van der Waals surface area contributed by atoms with E-state index in [0.717, 1.165) is 23.4 Å². The fourth-order valence-corrected chi connectivity index (χ4v) is 3.70. The van der Waals surface area contributed by atoms with Gasteiger partial charge in [0.05, 0.1) is 17.7 Å². The minimum atomic E-state index is -4.36. The third-order valence-electron chi connectivity index (χ3n) is 4.64. The summed E-state index contributed by atoms with van der Waals surface area (Å²) in [5.74, 6) is -0.0732. The Kier molecular flexibility index (Phi) is 6.45. The summed E-state index contributed by atoms with van der Waals surface area (Å²) >= 11 is 1.31. The Bertz CT molecular complexity index is 996. The number of carbonyl (C=O) groups excluding carboxylic acids is 1. The lowest BCUT2D eigenvalue weighted by Crippen LogP contribution is -2.27. The van der Waals surface area contributed by atoms with E-state index in [1.165, 1.54) is 23.5 Å². The van der Waals surface area contributed by atoms with Gasteiger partial charge >= 0.3 is 6.18 Å². The molecule has 158 valence electrons. The van der Waals surface area contributed by atoms with Gasteiger partial charge in [0, 0.05) is 44.3 Å². The van der Waals surface area contributed by atoms with Crippen molar-refractivity contribution in [2.24, 2.45) is 0 Å². The van der Waals surface area contributed by atoms with Gasteiger partial charge < -0.3 is 9.80 Å². The van der Waals surface area contributed by atoms with E-state index in [9.17, 15) is 18.0 Å². The van der Waals surface area contributed by atoms with E-state index in [0.29, 0.717) is 22.8 Å². The van der Waals surface area contributed by atoms with Crippen LogP contribution in [-0.2, 0) is 23.9 Å². The molecule has 2 aromatic carbocycles. The van der Waals surface area contributed by atoms with Crippen molar-refractivity contribution in [1.82, 2.24) is 9.88 Å². The van der Waals surface area contributed by atoms with Crippen LogP contribution < -0.4 is 4.90 Å². The normalized spacial score (nSPS) is 11.4.